The molecule has 0 heterocycles. The van der Waals surface area contributed by atoms with Gasteiger partial charge in [-0.05, 0) is 61.6 Å². The second kappa shape index (κ2) is 7.96. The standard InChI is InChI=1S/C18H18F8/c19-14-9-13(10-15(20)16(14)18(24,25)26)12-6-4-11(5-7-12)3-1-2-8-17(21,22)23/h1,3,9-12H,2,4-8H2. The Labute approximate surface area is 145 Å². The van der Waals surface area contributed by atoms with Gasteiger partial charge in [-0.2, -0.15) is 26.3 Å². The van der Waals surface area contributed by atoms with Crippen LogP contribution in [0.2, 0.25) is 0 Å². The highest BCUT2D eigenvalue weighted by Crippen LogP contribution is 2.40. The Balaban J connectivity index is 1.95. The summed E-state index contributed by atoms with van der Waals surface area (Å²) < 4.78 is 101. The van der Waals surface area contributed by atoms with E-state index in [1.54, 1.807) is 6.08 Å². The average molecular weight is 386 g/mol. The van der Waals surface area contributed by atoms with E-state index in [1.807, 2.05) is 0 Å². The number of hydrogen-bond acceptors (Lipinski definition) is 0. The van der Waals surface area contributed by atoms with Gasteiger partial charge < -0.3 is 0 Å². The molecule has 0 nitrogen and oxygen atoms in total. The summed E-state index contributed by atoms with van der Waals surface area (Å²) in [6.07, 6.45) is -4.83. The minimum Gasteiger partial charge on any atom is -0.206 e. The summed E-state index contributed by atoms with van der Waals surface area (Å²) in [5, 5.41) is 0. The predicted octanol–water partition coefficient (Wildman–Crippen LogP) is 7.16. The van der Waals surface area contributed by atoms with Gasteiger partial charge in [0.2, 0.25) is 0 Å². The second-order valence-electron chi connectivity index (χ2n) is 6.55. The van der Waals surface area contributed by atoms with Crippen molar-refractivity contribution in [1.29, 1.82) is 0 Å². The molecule has 1 fully saturated rings. The summed E-state index contributed by atoms with van der Waals surface area (Å²) in [5.41, 5.74) is -1.70. The van der Waals surface area contributed by atoms with Crippen LogP contribution in [-0.2, 0) is 6.18 Å². The Bertz CT molecular complexity index is 611. The van der Waals surface area contributed by atoms with Crippen molar-refractivity contribution in [3.63, 3.8) is 0 Å². The van der Waals surface area contributed by atoms with Gasteiger partial charge in [-0.15, -0.1) is 0 Å². The number of rotatable bonds is 4. The van der Waals surface area contributed by atoms with Crippen molar-refractivity contribution in [2.75, 3.05) is 0 Å². The summed E-state index contributed by atoms with van der Waals surface area (Å²) in [6.45, 7) is 0. The van der Waals surface area contributed by atoms with Crippen molar-refractivity contribution < 1.29 is 35.1 Å². The van der Waals surface area contributed by atoms with Crippen molar-refractivity contribution in [3.05, 3.63) is 47.0 Å². The molecule has 8 heteroatoms. The third-order valence-electron chi connectivity index (χ3n) is 4.59. The fraction of sp³-hybridized carbons (Fsp3) is 0.556. The van der Waals surface area contributed by atoms with Gasteiger partial charge in [-0.25, -0.2) is 8.78 Å². The van der Waals surface area contributed by atoms with Crippen LogP contribution in [0.25, 0.3) is 0 Å². The van der Waals surface area contributed by atoms with Gasteiger partial charge in [0.15, 0.2) is 0 Å². The normalized spacial score (nSPS) is 22.2. The third kappa shape index (κ3) is 5.71. The van der Waals surface area contributed by atoms with Crippen LogP contribution in [0.4, 0.5) is 35.1 Å². The minimum absolute atomic E-state index is 0.0728. The lowest BCUT2D eigenvalue weighted by molar-refractivity contribution is -0.142. The summed E-state index contributed by atoms with van der Waals surface area (Å²) in [6, 6.07) is 1.46. The molecule has 0 aromatic heterocycles. The molecule has 0 saturated heterocycles. The summed E-state index contributed by atoms with van der Waals surface area (Å²) in [4.78, 5) is 0. The number of benzene rings is 1. The molecule has 0 radical (unpaired) electrons. The van der Waals surface area contributed by atoms with Crippen LogP contribution in [0.3, 0.4) is 0 Å². The van der Waals surface area contributed by atoms with E-state index >= 15 is 0 Å². The SMILES string of the molecule is Fc1cc(C2CCC(C=CCCC(F)(F)F)CC2)cc(F)c1C(F)(F)F. The molecule has 0 bridgehead atoms. The van der Waals surface area contributed by atoms with Crippen LogP contribution in [0.5, 0.6) is 0 Å². The highest BCUT2D eigenvalue weighted by molar-refractivity contribution is 5.30. The molecule has 0 aliphatic heterocycles. The Morgan fingerprint density at radius 1 is 0.885 bits per heavy atom. The molecule has 0 N–H and O–H groups in total. The van der Waals surface area contributed by atoms with E-state index in [4.69, 9.17) is 0 Å². The molecule has 0 atom stereocenters. The number of hydrogen-bond donors (Lipinski definition) is 0. The Morgan fingerprint density at radius 3 is 1.88 bits per heavy atom. The minimum atomic E-state index is -5.09. The molecule has 1 saturated carbocycles. The quantitative estimate of drug-likeness (QED) is 0.381. The molecule has 26 heavy (non-hydrogen) atoms. The lowest BCUT2D eigenvalue weighted by Gasteiger charge is -2.27. The molecule has 0 unspecified atom stereocenters. The van der Waals surface area contributed by atoms with E-state index in [0.29, 0.717) is 25.7 Å². The highest BCUT2D eigenvalue weighted by atomic mass is 19.4. The first-order chi connectivity index (χ1) is 12.0. The van der Waals surface area contributed by atoms with Gasteiger partial charge in [-0.3, -0.25) is 0 Å². The third-order valence-corrected chi connectivity index (χ3v) is 4.59. The van der Waals surface area contributed by atoms with Crippen LogP contribution in [0.15, 0.2) is 24.3 Å². The molecule has 0 spiro atoms. The molecule has 1 aromatic rings. The van der Waals surface area contributed by atoms with Crippen molar-refractivity contribution in [2.45, 2.75) is 56.8 Å². The summed E-state index contributed by atoms with van der Waals surface area (Å²) >= 11 is 0. The fourth-order valence-corrected chi connectivity index (χ4v) is 3.28. The lowest BCUT2D eigenvalue weighted by Crippen LogP contribution is -2.15. The van der Waals surface area contributed by atoms with E-state index in [2.05, 4.69) is 0 Å². The van der Waals surface area contributed by atoms with E-state index in [0.717, 1.165) is 12.1 Å². The van der Waals surface area contributed by atoms with Crippen LogP contribution < -0.4 is 0 Å². The van der Waals surface area contributed by atoms with E-state index in [-0.39, 0.29) is 23.8 Å². The Hall–Kier alpha value is -1.60. The first kappa shape index (κ1) is 20.7. The number of halogens is 8. The monoisotopic (exact) mass is 386 g/mol. The first-order valence-electron chi connectivity index (χ1n) is 8.27. The topological polar surface area (TPSA) is 0 Å². The zero-order valence-electron chi connectivity index (χ0n) is 13.7. The van der Waals surface area contributed by atoms with Gasteiger partial charge in [0, 0.05) is 6.42 Å². The van der Waals surface area contributed by atoms with E-state index < -0.39 is 36.0 Å². The van der Waals surface area contributed by atoms with E-state index in [1.165, 1.54) is 6.08 Å². The van der Waals surface area contributed by atoms with Gasteiger partial charge in [0.1, 0.15) is 17.2 Å². The van der Waals surface area contributed by atoms with Crippen molar-refractivity contribution in [3.8, 4) is 0 Å². The second-order valence-corrected chi connectivity index (χ2v) is 6.55. The first-order valence-corrected chi connectivity index (χ1v) is 8.27. The smallest absolute Gasteiger partial charge is 0.206 e. The average Bonchev–Trinajstić information content (AvgIpc) is 2.49. The zero-order chi connectivity index (χ0) is 19.5. The van der Waals surface area contributed by atoms with Crippen molar-refractivity contribution in [1.82, 2.24) is 0 Å². The molecule has 1 aliphatic carbocycles. The summed E-state index contributed by atoms with van der Waals surface area (Å²) in [5.74, 6) is -3.44. The summed E-state index contributed by atoms with van der Waals surface area (Å²) in [7, 11) is 0. The molecular formula is C18H18F8. The molecule has 2 rings (SSSR count). The van der Waals surface area contributed by atoms with Crippen LogP contribution in [0, 0.1) is 17.6 Å². The number of alkyl halides is 6. The fourth-order valence-electron chi connectivity index (χ4n) is 3.28. The Kier molecular flexibility index (Phi) is 6.34. The molecular weight excluding hydrogens is 368 g/mol. The largest absolute Gasteiger partial charge is 0.422 e. The maximum atomic E-state index is 13.7. The maximum absolute atomic E-state index is 13.7. The highest BCUT2D eigenvalue weighted by Gasteiger charge is 2.38. The number of allylic oxidation sites excluding steroid dienone is 2. The van der Waals surface area contributed by atoms with Crippen molar-refractivity contribution >= 4 is 0 Å². The van der Waals surface area contributed by atoms with Crippen LogP contribution >= 0.6 is 0 Å². The van der Waals surface area contributed by atoms with Gasteiger partial charge in [-0.1, -0.05) is 12.2 Å². The zero-order valence-corrected chi connectivity index (χ0v) is 13.7. The van der Waals surface area contributed by atoms with Crippen LogP contribution in [-0.4, -0.2) is 6.18 Å². The Morgan fingerprint density at radius 2 is 1.42 bits per heavy atom. The molecule has 1 aliphatic rings. The van der Waals surface area contributed by atoms with Crippen LogP contribution in [0.1, 0.15) is 55.6 Å². The van der Waals surface area contributed by atoms with Crippen molar-refractivity contribution in [2.24, 2.45) is 5.92 Å². The molecule has 146 valence electrons. The van der Waals surface area contributed by atoms with Gasteiger partial charge >= 0.3 is 12.4 Å². The lowest BCUT2D eigenvalue weighted by atomic mass is 9.78. The molecule has 0 amide bonds. The molecule has 1 aromatic carbocycles. The predicted molar refractivity (Wildman–Crippen MR) is 80.5 cm³/mol. The van der Waals surface area contributed by atoms with Gasteiger partial charge in [0.05, 0.1) is 0 Å². The maximum Gasteiger partial charge on any atom is 0.422 e. The van der Waals surface area contributed by atoms with Gasteiger partial charge in [0.25, 0.3) is 0 Å². The van der Waals surface area contributed by atoms with E-state index in [9.17, 15) is 35.1 Å².